The highest BCUT2D eigenvalue weighted by atomic mass is 16.2. The van der Waals surface area contributed by atoms with E-state index in [9.17, 15) is 9.59 Å². The lowest BCUT2D eigenvalue weighted by atomic mass is 9.69. The largest absolute Gasteiger partial charge is 0.347 e. The summed E-state index contributed by atoms with van der Waals surface area (Å²) in [4.78, 5) is 25.8. The van der Waals surface area contributed by atoms with E-state index >= 15 is 0 Å². The molecule has 4 nitrogen and oxygen atoms in total. The van der Waals surface area contributed by atoms with Gasteiger partial charge >= 0.3 is 0 Å². The predicted molar refractivity (Wildman–Crippen MR) is 110 cm³/mol. The van der Waals surface area contributed by atoms with Gasteiger partial charge in [0.1, 0.15) is 0 Å². The van der Waals surface area contributed by atoms with E-state index in [-0.39, 0.29) is 34.7 Å². The van der Waals surface area contributed by atoms with Gasteiger partial charge in [0, 0.05) is 11.1 Å². The maximum Gasteiger partial charge on any atom is 0.251 e. The van der Waals surface area contributed by atoms with Gasteiger partial charge < -0.3 is 10.6 Å². The molecule has 0 saturated heterocycles. The Morgan fingerprint density at radius 2 is 1.32 bits per heavy atom. The molecule has 0 aromatic heterocycles. The monoisotopic (exact) mass is 376 g/mol. The average Bonchev–Trinajstić information content (AvgIpc) is 3.02. The van der Waals surface area contributed by atoms with E-state index in [1.807, 2.05) is 60.7 Å². The fraction of sp³-hybridized carbons (Fsp3) is 0.417. The van der Waals surface area contributed by atoms with Crippen molar-refractivity contribution in [2.45, 2.75) is 45.7 Å². The van der Waals surface area contributed by atoms with Crippen LogP contribution in [0, 0.1) is 16.7 Å². The van der Waals surface area contributed by atoms with Crippen LogP contribution in [-0.4, -0.2) is 23.9 Å². The van der Waals surface area contributed by atoms with Gasteiger partial charge in [-0.25, -0.2) is 0 Å². The van der Waals surface area contributed by atoms with E-state index < -0.39 is 0 Å². The average molecular weight is 377 g/mol. The number of benzene rings is 2. The molecule has 4 atom stereocenters. The van der Waals surface area contributed by atoms with E-state index in [1.54, 1.807) is 0 Å². The highest BCUT2D eigenvalue weighted by Crippen LogP contribution is 2.65. The quantitative estimate of drug-likeness (QED) is 0.846. The van der Waals surface area contributed by atoms with E-state index in [2.05, 4.69) is 31.4 Å². The van der Waals surface area contributed by atoms with Gasteiger partial charge in [0.25, 0.3) is 11.8 Å². The summed E-state index contributed by atoms with van der Waals surface area (Å²) in [5, 5.41) is 6.54. The summed E-state index contributed by atoms with van der Waals surface area (Å²) >= 11 is 0. The summed E-state index contributed by atoms with van der Waals surface area (Å²) < 4.78 is 0. The van der Waals surface area contributed by atoms with Crippen molar-refractivity contribution in [2.24, 2.45) is 16.7 Å². The summed E-state index contributed by atoms with van der Waals surface area (Å²) in [6.07, 6.45) is 2.13. The summed E-state index contributed by atoms with van der Waals surface area (Å²) in [6.45, 7) is 6.82. The number of rotatable bonds is 4. The number of hydrogen-bond acceptors (Lipinski definition) is 2. The van der Waals surface area contributed by atoms with Gasteiger partial charge in [0.05, 0.1) is 12.1 Å². The van der Waals surface area contributed by atoms with Crippen LogP contribution in [0.4, 0.5) is 0 Å². The van der Waals surface area contributed by atoms with Crippen LogP contribution in [-0.2, 0) is 0 Å². The zero-order valence-corrected chi connectivity index (χ0v) is 16.7. The molecule has 2 saturated carbocycles. The second-order valence-corrected chi connectivity index (χ2v) is 8.97. The molecule has 2 aromatic rings. The van der Waals surface area contributed by atoms with E-state index in [4.69, 9.17) is 0 Å². The first-order chi connectivity index (χ1) is 13.3. The maximum atomic E-state index is 12.9. The van der Waals surface area contributed by atoms with Crippen molar-refractivity contribution in [3.05, 3.63) is 71.8 Å². The fourth-order valence-electron chi connectivity index (χ4n) is 5.45. The van der Waals surface area contributed by atoms with E-state index in [0.29, 0.717) is 17.0 Å². The number of hydrogen-bond donors (Lipinski definition) is 2. The molecule has 2 aromatic carbocycles. The molecule has 28 heavy (non-hydrogen) atoms. The first-order valence-corrected chi connectivity index (χ1v) is 10.1. The minimum absolute atomic E-state index is 0.0380. The molecule has 2 fully saturated rings. The Hall–Kier alpha value is -2.62. The first-order valence-electron chi connectivity index (χ1n) is 10.1. The van der Waals surface area contributed by atoms with Gasteiger partial charge in [-0.15, -0.1) is 0 Å². The second-order valence-electron chi connectivity index (χ2n) is 8.97. The summed E-state index contributed by atoms with van der Waals surface area (Å²) in [5.41, 5.74) is 1.29. The summed E-state index contributed by atoms with van der Waals surface area (Å²) in [5.74, 6) is 0.192. The van der Waals surface area contributed by atoms with Crippen LogP contribution in [0.1, 0.15) is 54.3 Å². The molecule has 0 radical (unpaired) electrons. The van der Waals surface area contributed by atoms with Crippen molar-refractivity contribution in [3.63, 3.8) is 0 Å². The number of nitrogens with one attached hydrogen (secondary N) is 2. The van der Waals surface area contributed by atoms with Crippen molar-refractivity contribution >= 4 is 11.8 Å². The van der Waals surface area contributed by atoms with Gasteiger partial charge in [-0.1, -0.05) is 57.2 Å². The molecule has 2 N–H and O–H groups in total. The van der Waals surface area contributed by atoms with Gasteiger partial charge in [-0.05, 0) is 53.9 Å². The SMILES string of the molecule is CC1(C)[C@H]2CC[C@@]1(C)[C@@H](NC(=O)c1ccccc1)[C@H]2NC(=O)c1ccccc1. The zero-order chi connectivity index (χ0) is 19.9. The molecule has 2 aliphatic rings. The van der Waals surface area contributed by atoms with Crippen LogP contribution in [0.15, 0.2) is 60.7 Å². The second kappa shape index (κ2) is 6.77. The smallest absolute Gasteiger partial charge is 0.251 e. The Morgan fingerprint density at radius 1 is 0.821 bits per heavy atom. The summed E-state index contributed by atoms with van der Waals surface area (Å²) in [6, 6.07) is 18.4. The molecule has 0 unspecified atom stereocenters. The first kappa shape index (κ1) is 18.7. The van der Waals surface area contributed by atoms with Crippen molar-refractivity contribution in [2.75, 3.05) is 0 Å². The van der Waals surface area contributed by atoms with Crippen molar-refractivity contribution in [3.8, 4) is 0 Å². The third-order valence-corrected chi connectivity index (χ3v) is 7.51. The Kier molecular flexibility index (Phi) is 4.53. The lowest BCUT2D eigenvalue weighted by Crippen LogP contribution is -2.57. The standard InChI is InChI=1S/C24H28N2O2/c1-23(2)18-14-15-24(23,3)20(26-22(28)17-12-8-5-9-13-17)19(18)25-21(27)16-10-6-4-7-11-16/h4-13,18-20H,14-15H2,1-3H3,(H,25,27)(H,26,28)/t18-,19-,20-,24-/m0/s1. The molecule has 2 aliphatic carbocycles. The van der Waals surface area contributed by atoms with Gasteiger partial charge in [-0.3, -0.25) is 9.59 Å². The van der Waals surface area contributed by atoms with Crippen molar-refractivity contribution in [1.29, 1.82) is 0 Å². The lowest BCUT2D eigenvalue weighted by Gasteiger charge is -2.40. The van der Waals surface area contributed by atoms with Crippen LogP contribution in [0.2, 0.25) is 0 Å². The highest BCUT2D eigenvalue weighted by Gasteiger charge is 2.66. The molecule has 0 spiro atoms. The third-order valence-electron chi connectivity index (χ3n) is 7.51. The van der Waals surface area contributed by atoms with Crippen LogP contribution >= 0.6 is 0 Å². The Bertz CT molecular complexity index is 878. The van der Waals surface area contributed by atoms with Crippen LogP contribution in [0.3, 0.4) is 0 Å². The fourth-order valence-corrected chi connectivity index (χ4v) is 5.45. The highest BCUT2D eigenvalue weighted by molar-refractivity contribution is 5.95. The van der Waals surface area contributed by atoms with Gasteiger partial charge in [-0.2, -0.15) is 0 Å². The third kappa shape index (κ3) is 2.83. The minimum Gasteiger partial charge on any atom is -0.347 e. The number of carbonyl (C=O) groups excluding carboxylic acids is 2. The molecule has 146 valence electrons. The van der Waals surface area contributed by atoms with Crippen LogP contribution in [0.25, 0.3) is 0 Å². The maximum absolute atomic E-state index is 12.9. The normalized spacial score (nSPS) is 30.0. The van der Waals surface area contributed by atoms with Crippen LogP contribution < -0.4 is 10.6 Å². The lowest BCUT2D eigenvalue weighted by molar-refractivity contribution is 0.0781. The molecular formula is C24H28N2O2. The van der Waals surface area contributed by atoms with Crippen LogP contribution in [0.5, 0.6) is 0 Å². The zero-order valence-electron chi connectivity index (χ0n) is 16.7. The Morgan fingerprint density at radius 3 is 1.86 bits per heavy atom. The molecule has 0 heterocycles. The van der Waals surface area contributed by atoms with Gasteiger partial charge in [0.2, 0.25) is 0 Å². The molecular weight excluding hydrogens is 348 g/mol. The molecule has 0 aliphatic heterocycles. The topological polar surface area (TPSA) is 58.2 Å². The van der Waals surface area contributed by atoms with E-state index in [0.717, 1.165) is 12.8 Å². The summed E-state index contributed by atoms with van der Waals surface area (Å²) in [7, 11) is 0. The predicted octanol–water partition coefficient (Wildman–Crippen LogP) is 4.04. The molecule has 4 heteroatoms. The minimum atomic E-state index is -0.0957. The molecule has 2 amide bonds. The Balaban J connectivity index is 1.62. The van der Waals surface area contributed by atoms with E-state index in [1.165, 1.54) is 0 Å². The number of amides is 2. The molecule has 2 bridgehead atoms. The number of carbonyl (C=O) groups is 2. The van der Waals surface area contributed by atoms with Gasteiger partial charge in [0.15, 0.2) is 0 Å². The molecule has 4 rings (SSSR count). The van der Waals surface area contributed by atoms with Crippen molar-refractivity contribution in [1.82, 2.24) is 10.6 Å². The van der Waals surface area contributed by atoms with Crippen molar-refractivity contribution < 1.29 is 9.59 Å². The Labute approximate surface area is 166 Å². The number of fused-ring (bicyclic) bond motifs is 2.